The molecule has 26 heavy (non-hydrogen) atoms. The number of halogens is 13. The highest BCUT2D eigenvalue weighted by molar-refractivity contribution is 5.66. The van der Waals surface area contributed by atoms with Gasteiger partial charge in [-0.05, 0) is 0 Å². The first-order valence-electron chi connectivity index (χ1n) is 5.87. The van der Waals surface area contributed by atoms with Crippen molar-refractivity contribution in [2.24, 2.45) is 0 Å². The molecule has 0 saturated heterocycles. The molecule has 0 aromatic carbocycles. The van der Waals surface area contributed by atoms with E-state index < -0.39 is 54.5 Å². The maximum atomic E-state index is 13.2. The molecule has 0 aliphatic rings. The molecule has 0 heterocycles. The molecule has 0 saturated carbocycles. The van der Waals surface area contributed by atoms with Crippen molar-refractivity contribution in [1.29, 1.82) is 0 Å². The second kappa shape index (κ2) is 6.60. The molecule has 1 unspecified atom stereocenters. The summed E-state index contributed by atoms with van der Waals surface area (Å²) >= 11 is 0. The normalized spacial score (nSPS) is 16.4. The van der Waals surface area contributed by atoms with E-state index in [9.17, 15) is 61.9 Å². The van der Waals surface area contributed by atoms with Crippen LogP contribution in [-0.2, 0) is 9.53 Å². The van der Waals surface area contributed by atoms with Crippen molar-refractivity contribution in [1.82, 2.24) is 0 Å². The number of hydrogen-bond donors (Lipinski definition) is 1. The lowest BCUT2D eigenvalue weighted by Gasteiger charge is -2.40. The van der Waals surface area contributed by atoms with Gasteiger partial charge in [-0.15, -0.1) is 0 Å². The van der Waals surface area contributed by atoms with Gasteiger partial charge in [-0.2, -0.15) is 57.1 Å². The van der Waals surface area contributed by atoms with Crippen molar-refractivity contribution in [2.75, 3.05) is 0 Å². The van der Waals surface area contributed by atoms with Gasteiger partial charge in [0.1, 0.15) is 0 Å². The number of aliphatic hydroxyl groups excluding tert-OH is 1. The molecule has 1 atom stereocenters. The van der Waals surface area contributed by atoms with Crippen molar-refractivity contribution in [3.05, 3.63) is 0 Å². The number of carbonyl (C=O) groups is 1. The van der Waals surface area contributed by atoms with Crippen LogP contribution in [0.3, 0.4) is 0 Å². The molecule has 0 aliphatic heterocycles. The van der Waals surface area contributed by atoms with Crippen LogP contribution in [-0.4, -0.2) is 53.2 Å². The first-order valence-corrected chi connectivity index (χ1v) is 5.87. The fourth-order valence-corrected chi connectivity index (χ4v) is 1.38. The van der Waals surface area contributed by atoms with E-state index in [2.05, 4.69) is 4.74 Å². The Morgan fingerprint density at radius 2 is 1.12 bits per heavy atom. The third-order valence-corrected chi connectivity index (χ3v) is 2.73. The quantitative estimate of drug-likeness (QED) is 0.384. The van der Waals surface area contributed by atoms with E-state index in [1.54, 1.807) is 0 Å². The van der Waals surface area contributed by atoms with Crippen molar-refractivity contribution in [2.45, 2.75) is 55.4 Å². The maximum Gasteiger partial charge on any atom is 0.460 e. The number of esters is 1. The summed E-state index contributed by atoms with van der Waals surface area (Å²) in [6, 6.07) is 0. The summed E-state index contributed by atoms with van der Waals surface area (Å²) in [5.41, 5.74) is 0. The number of carbonyl (C=O) groups excluding carboxylic acids is 1. The molecule has 0 amide bonds. The molecule has 0 spiro atoms. The standard InChI is InChI=1S/C10H7F13O3/c1-3(24)26-4(25)2-5(11,12)6(13,14)7(15,16)8(17,18)9(19,20)10(21,22)23/h4,25H,2H2,1H3. The number of rotatable bonds is 7. The SMILES string of the molecule is CC(=O)OC(O)CC(F)(F)C(F)(F)C(F)(F)C(F)(F)C(F)(F)C(F)(F)F. The lowest BCUT2D eigenvalue weighted by atomic mass is 9.92. The monoisotopic (exact) mass is 422 g/mol. The van der Waals surface area contributed by atoms with Crippen molar-refractivity contribution in [3.63, 3.8) is 0 Å². The Kier molecular flexibility index (Phi) is 6.22. The van der Waals surface area contributed by atoms with Crippen LogP contribution >= 0.6 is 0 Å². The van der Waals surface area contributed by atoms with Gasteiger partial charge in [0.25, 0.3) is 0 Å². The molecule has 0 aromatic rings. The van der Waals surface area contributed by atoms with Gasteiger partial charge in [0.05, 0.1) is 6.42 Å². The molecule has 3 nitrogen and oxygen atoms in total. The largest absolute Gasteiger partial charge is 0.460 e. The highest BCUT2D eigenvalue weighted by Crippen LogP contribution is 2.60. The zero-order chi connectivity index (χ0) is 21.6. The average Bonchev–Trinajstić information content (AvgIpc) is 2.34. The summed E-state index contributed by atoms with van der Waals surface area (Å²) < 4.78 is 168. The van der Waals surface area contributed by atoms with Crippen LogP contribution in [0.15, 0.2) is 0 Å². The van der Waals surface area contributed by atoms with Crippen LogP contribution in [0.25, 0.3) is 0 Å². The second-order valence-electron chi connectivity index (χ2n) is 4.77. The minimum Gasteiger partial charge on any atom is -0.436 e. The lowest BCUT2D eigenvalue weighted by molar-refractivity contribution is -0.441. The number of alkyl halides is 13. The number of hydrogen-bond acceptors (Lipinski definition) is 3. The summed E-state index contributed by atoms with van der Waals surface area (Å²) in [7, 11) is 0. The fraction of sp³-hybridized carbons (Fsp3) is 0.900. The first-order chi connectivity index (χ1) is 11.1. The molecule has 0 bridgehead atoms. The van der Waals surface area contributed by atoms with Gasteiger partial charge in [-0.1, -0.05) is 0 Å². The van der Waals surface area contributed by atoms with Gasteiger partial charge in [0, 0.05) is 6.92 Å². The zero-order valence-corrected chi connectivity index (χ0v) is 12.0. The van der Waals surface area contributed by atoms with Crippen LogP contribution < -0.4 is 0 Å². The Morgan fingerprint density at radius 1 is 0.769 bits per heavy atom. The number of ether oxygens (including phenoxy) is 1. The highest BCUT2D eigenvalue weighted by Gasteiger charge is 2.90. The van der Waals surface area contributed by atoms with E-state index in [-0.39, 0.29) is 0 Å². The molecule has 0 aromatic heterocycles. The van der Waals surface area contributed by atoms with Crippen LogP contribution in [0.2, 0.25) is 0 Å². The van der Waals surface area contributed by atoms with E-state index in [0.717, 1.165) is 0 Å². The van der Waals surface area contributed by atoms with E-state index >= 15 is 0 Å². The lowest BCUT2D eigenvalue weighted by Crippen LogP contribution is -2.70. The Morgan fingerprint density at radius 3 is 1.42 bits per heavy atom. The predicted octanol–water partition coefficient (Wildman–Crippen LogP) is 4.00. The summed E-state index contributed by atoms with van der Waals surface area (Å²) in [6.45, 7) is 0.409. The first kappa shape index (κ1) is 24.5. The summed E-state index contributed by atoms with van der Waals surface area (Å²) in [6.07, 6.45) is -13.8. The maximum absolute atomic E-state index is 13.2. The minimum atomic E-state index is -8.02. The van der Waals surface area contributed by atoms with E-state index in [1.807, 2.05) is 0 Å². The molecule has 16 heteroatoms. The van der Waals surface area contributed by atoms with E-state index in [4.69, 9.17) is 5.11 Å². The van der Waals surface area contributed by atoms with Crippen LogP contribution in [0.4, 0.5) is 57.1 Å². The Balaban J connectivity index is 6.04. The van der Waals surface area contributed by atoms with Crippen molar-refractivity contribution < 1.29 is 71.7 Å². The van der Waals surface area contributed by atoms with Crippen molar-refractivity contribution in [3.8, 4) is 0 Å². The van der Waals surface area contributed by atoms with E-state index in [1.165, 1.54) is 0 Å². The van der Waals surface area contributed by atoms with Gasteiger partial charge >= 0.3 is 41.8 Å². The Bertz CT molecular complexity index is 525. The van der Waals surface area contributed by atoms with Crippen LogP contribution in [0.5, 0.6) is 0 Å². The molecule has 1 N–H and O–H groups in total. The minimum absolute atomic E-state index is 0.409. The van der Waals surface area contributed by atoms with Gasteiger partial charge in [0.15, 0.2) is 0 Å². The van der Waals surface area contributed by atoms with Crippen LogP contribution in [0, 0.1) is 0 Å². The Hall–Kier alpha value is -1.48. The molecule has 156 valence electrons. The third-order valence-electron chi connectivity index (χ3n) is 2.73. The molecule has 0 rings (SSSR count). The Labute approximate surface area is 134 Å². The molecular formula is C10H7F13O3. The fourth-order valence-electron chi connectivity index (χ4n) is 1.38. The zero-order valence-electron chi connectivity index (χ0n) is 12.0. The predicted molar refractivity (Wildman–Crippen MR) is 53.2 cm³/mol. The summed E-state index contributed by atoms with van der Waals surface area (Å²) in [4.78, 5) is 10.3. The van der Waals surface area contributed by atoms with Crippen molar-refractivity contribution >= 4 is 5.97 Å². The molecule has 0 radical (unpaired) electrons. The molecular weight excluding hydrogens is 415 g/mol. The molecule has 0 fully saturated rings. The number of aliphatic hydroxyl groups is 1. The molecule has 0 aliphatic carbocycles. The van der Waals surface area contributed by atoms with Gasteiger partial charge in [-0.3, -0.25) is 4.79 Å². The van der Waals surface area contributed by atoms with E-state index in [0.29, 0.717) is 6.92 Å². The smallest absolute Gasteiger partial charge is 0.436 e. The summed E-state index contributed by atoms with van der Waals surface area (Å²) in [5, 5.41) is 8.66. The highest BCUT2D eigenvalue weighted by atomic mass is 19.4. The summed E-state index contributed by atoms with van der Waals surface area (Å²) in [5.74, 6) is -39.4. The average molecular weight is 422 g/mol. The second-order valence-corrected chi connectivity index (χ2v) is 4.77. The van der Waals surface area contributed by atoms with Gasteiger partial charge in [0.2, 0.25) is 6.29 Å². The van der Waals surface area contributed by atoms with Gasteiger partial charge in [-0.25, -0.2) is 0 Å². The van der Waals surface area contributed by atoms with Gasteiger partial charge < -0.3 is 9.84 Å². The topological polar surface area (TPSA) is 46.5 Å². The third kappa shape index (κ3) is 3.78. The van der Waals surface area contributed by atoms with Crippen LogP contribution in [0.1, 0.15) is 13.3 Å².